The third kappa shape index (κ3) is 5.08. The molecule has 144 valence electrons. The smallest absolute Gasteiger partial charge is 0.0385 e. The fourth-order valence-electron chi connectivity index (χ4n) is 2.98. The van der Waals surface area contributed by atoms with Crippen LogP contribution in [0.1, 0.15) is 5.56 Å². The monoisotopic (exact) mass is 380 g/mol. The molecule has 4 aromatic rings. The zero-order valence-corrected chi connectivity index (χ0v) is 16.3. The molecule has 0 spiro atoms. The summed E-state index contributed by atoms with van der Waals surface area (Å²) >= 11 is 0. The van der Waals surface area contributed by atoms with Crippen LogP contribution in [-0.4, -0.2) is 0 Å². The number of anilines is 7. The third-order valence-corrected chi connectivity index (χ3v) is 4.60. The van der Waals surface area contributed by atoms with Crippen molar-refractivity contribution in [3.8, 4) is 0 Å². The van der Waals surface area contributed by atoms with E-state index >= 15 is 0 Å². The van der Waals surface area contributed by atoms with Crippen LogP contribution in [0.3, 0.4) is 0 Å². The Morgan fingerprint density at radius 2 is 0.655 bits per heavy atom. The molecule has 0 aliphatic carbocycles. The van der Waals surface area contributed by atoms with Crippen LogP contribution in [0.2, 0.25) is 0 Å². The van der Waals surface area contributed by atoms with Crippen LogP contribution in [0.15, 0.2) is 97.1 Å². The van der Waals surface area contributed by atoms with Gasteiger partial charge in [0, 0.05) is 39.8 Å². The average Bonchev–Trinajstić information content (AvgIpc) is 2.74. The molecule has 0 saturated carbocycles. The van der Waals surface area contributed by atoms with Gasteiger partial charge in [0.05, 0.1) is 0 Å². The molecule has 0 bridgehead atoms. The highest BCUT2D eigenvalue weighted by Gasteiger charge is 1.99. The predicted molar refractivity (Wildman–Crippen MR) is 125 cm³/mol. The van der Waals surface area contributed by atoms with Crippen molar-refractivity contribution < 1.29 is 0 Å². The second kappa shape index (κ2) is 8.40. The standard InChI is InChI=1S/C25H24N4/c1-18-2-6-20(7-3-18)27-22-10-14-24(15-11-22)29-25-16-12-23(13-17-25)28-21-8-4-19(26)5-9-21/h2-17,27-29H,26H2,1H3. The summed E-state index contributed by atoms with van der Waals surface area (Å²) in [6, 6.07) is 32.5. The normalized spacial score (nSPS) is 10.4. The SMILES string of the molecule is Cc1ccc(Nc2ccc(Nc3ccc(Nc4ccc(N)cc4)cc3)cc2)cc1. The van der Waals surface area contributed by atoms with Crippen LogP contribution in [0, 0.1) is 6.92 Å². The maximum absolute atomic E-state index is 5.73. The second-order valence-electron chi connectivity index (χ2n) is 7.02. The molecule has 0 fully saturated rings. The molecule has 29 heavy (non-hydrogen) atoms. The molecule has 0 amide bonds. The highest BCUT2D eigenvalue weighted by Crippen LogP contribution is 2.24. The van der Waals surface area contributed by atoms with Gasteiger partial charge in [0.1, 0.15) is 0 Å². The van der Waals surface area contributed by atoms with Gasteiger partial charge in [-0.05, 0) is 91.9 Å². The number of nitrogens with one attached hydrogen (secondary N) is 3. The first-order chi connectivity index (χ1) is 14.1. The minimum absolute atomic E-state index is 0.759. The van der Waals surface area contributed by atoms with E-state index in [-0.39, 0.29) is 0 Å². The van der Waals surface area contributed by atoms with E-state index in [1.807, 2.05) is 36.4 Å². The number of nitrogens with two attached hydrogens (primary N) is 1. The van der Waals surface area contributed by atoms with Crippen molar-refractivity contribution in [3.05, 3.63) is 103 Å². The predicted octanol–water partition coefficient (Wildman–Crippen LogP) is 6.81. The van der Waals surface area contributed by atoms with Gasteiger partial charge in [-0.25, -0.2) is 0 Å². The van der Waals surface area contributed by atoms with Crippen LogP contribution >= 0.6 is 0 Å². The summed E-state index contributed by atoms with van der Waals surface area (Å²) in [6.45, 7) is 2.09. The average molecular weight is 380 g/mol. The molecule has 5 N–H and O–H groups in total. The molecule has 4 rings (SSSR count). The molecule has 4 aromatic carbocycles. The molecular formula is C25H24N4. The zero-order valence-electron chi connectivity index (χ0n) is 16.3. The van der Waals surface area contributed by atoms with Gasteiger partial charge in [-0.1, -0.05) is 17.7 Å². The molecular weight excluding hydrogens is 356 g/mol. The lowest BCUT2D eigenvalue weighted by atomic mass is 10.2. The minimum atomic E-state index is 0.759. The molecule has 4 heteroatoms. The summed E-state index contributed by atoms with van der Waals surface area (Å²) in [4.78, 5) is 0. The maximum Gasteiger partial charge on any atom is 0.0385 e. The largest absolute Gasteiger partial charge is 0.399 e. The number of benzene rings is 4. The number of aryl methyl sites for hydroxylation is 1. The Morgan fingerprint density at radius 1 is 0.414 bits per heavy atom. The van der Waals surface area contributed by atoms with Gasteiger partial charge in [0.25, 0.3) is 0 Å². The summed E-state index contributed by atoms with van der Waals surface area (Å²) in [5.41, 5.74) is 14.0. The number of nitrogen functional groups attached to an aromatic ring is 1. The Kier molecular flexibility index (Phi) is 5.34. The molecule has 0 aromatic heterocycles. The van der Waals surface area contributed by atoms with Crippen molar-refractivity contribution in [2.45, 2.75) is 6.92 Å². The fourth-order valence-corrected chi connectivity index (χ4v) is 2.98. The Labute approximate surface area is 171 Å². The first-order valence-electron chi connectivity index (χ1n) is 9.57. The maximum atomic E-state index is 5.73. The lowest BCUT2D eigenvalue weighted by molar-refractivity contribution is 1.45. The minimum Gasteiger partial charge on any atom is -0.399 e. The number of rotatable bonds is 6. The van der Waals surface area contributed by atoms with Crippen molar-refractivity contribution in [2.24, 2.45) is 0 Å². The summed E-state index contributed by atoms with van der Waals surface area (Å²) in [7, 11) is 0. The van der Waals surface area contributed by atoms with Crippen molar-refractivity contribution in [2.75, 3.05) is 21.7 Å². The van der Waals surface area contributed by atoms with Crippen molar-refractivity contribution in [1.82, 2.24) is 0 Å². The Hall–Kier alpha value is -3.92. The van der Waals surface area contributed by atoms with E-state index in [1.165, 1.54) is 5.56 Å². The van der Waals surface area contributed by atoms with Crippen molar-refractivity contribution in [3.63, 3.8) is 0 Å². The summed E-state index contributed by atoms with van der Waals surface area (Å²) in [5, 5.41) is 10.2. The van der Waals surface area contributed by atoms with Gasteiger partial charge >= 0.3 is 0 Å². The van der Waals surface area contributed by atoms with Crippen LogP contribution in [-0.2, 0) is 0 Å². The van der Waals surface area contributed by atoms with Crippen molar-refractivity contribution in [1.29, 1.82) is 0 Å². The van der Waals surface area contributed by atoms with Crippen LogP contribution in [0.25, 0.3) is 0 Å². The lowest BCUT2D eigenvalue weighted by Crippen LogP contribution is -1.94. The molecule has 4 nitrogen and oxygen atoms in total. The Bertz CT molecular complexity index is 963. The van der Waals surface area contributed by atoms with E-state index in [2.05, 4.69) is 83.5 Å². The lowest BCUT2D eigenvalue weighted by Gasteiger charge is -2.11. The molecule has 0 atom stereocenters. The van der Waals surface area contributed by atoms with Crippen LogP contribution in [0.5, 0.6) is 0 Å². The van der Waals surface area contributed by atoms with Crippen LogP contribution in [0.4, 0.5) is 39.8 Å². The molecule has 0 radical (unpaired) electrons. The van der Waals surface area contributed by atoms with Gasteiger partial charge in [-0.2, -0.15) is 0 Å². The highest BCUT2D eigenvalue weighted by molar-refractivity contribution is 5.68. The summed E-state index contributed by atoms with van der Waals surface area (Å²) in [6.07, 6.45) is 0. The van der Waals surface area contributed by atoms with E-state index in [4.69, 9.17) is 5.73 Å². The topological polar surface area (TPSA) is 62.1 Å². The van der Waals surface area contributed by atoms with E-state index in [1.54, 1.807) is 0 Å². The van der Waals surface area contributed by atoms with Gasteiger partial charge < -0.3 is 21.7 Å². The fraction of sp³-hybridized carbons (Fsp3) is 0.0400. The van der Waals surface area contributed by atoms with Gasteiger partial charge in [-0.15, -0.1) is 0 Å². The van der Waals surface area contributed by atoms with E-state index in [9.17, 15) is 0 Å². The summed E-state index contributed by atoms with van der Waals surface area (Å²) in [5.74, 6) is 0. The quantitative estimate of drug-likeness (QED) is 0.278. The molecule has 0 unspecified atom stereocenters. The summed E-state index contributed by atoms with van der Waals surface area (Å²) < 4.78 is 0. The van der Waals surface area contributed by atoms with Gasteiger partial charge in [0.2, 0.25) is 0 Å². The first-order valence-corrected chi connectivity index (χ1v) is 9.57. The first kappa shape index (κ1) is 18.4. The Balaban J connectivity index is 1.36. The third-order valence-electron chi connectivity index (χ3n) is 4.60. The highest BCUT2D eigenvalue weighted by atomic mass is 14.9. The van der Waals surface area contributed by atoms with Gasteiger partial charge in [0.15, 0.2) is 0 Å². The Morgan fingerprint density at radius 3 is 0.966 bits per heavy atom. The number of hydrogen-bond donors (Lipinski definition) is 4. The second-order valence-corrected chi connectivity index (χ2v) is 7.02. The van der Waals surface area contributed by atoms with Crippen molar-refractivity contribution >= 4 is 39.8 Å². The molecule has 0 saturated heterocycles. The van der Waals surface area contributed by atoms with Gasteiger partial charge in [-0.3, -0.25) is 0 Å². The molecule has 0 aliphatic heterocycles. The molecule has 0 heterocycles. The van der Waals surface area contributed by atoms with E-state index < -0.39 is 0 Å². The zero-order chi connectivity index (χ0) is 20.1. The van der Waals surface area contributed by atoms with Crippen LogP contribution < -0.4 is 21.7 Å². The number of hydrogen-bond acceptors (Lipinski definition) is 4. The molecule has 0 aliphatic rings. The van der Waals surface area contributed by atoms with E-state index in [0.717, 1.165) is 39.8 Å². The van der Waals surface area contributed by atoms with E-state index in [0.29, 0.717) is 0 Å².